The first-order chi connectivity index (χ1) is 15.4. The van der Waals surface area contributed by atoms with Crippen LogP contribution in [0.1, 0.15) is 31.1 Å². The molecule has 0 atom stereocenters. The average Bonchev–Trinajstić information content (AvgIpc) is 3.20. The minimum Gasteiger partial charge on any atom is -0.360 e. The lowest BCUT2D eigenvalue weighted by atomic mass is 9.78. The van der Waals surface area contributed by atoms with E-state index in [0.29, 0.717) is 44.3 Å². The number of anilines is 1. The SMILES string of the molecule is Cc1cc(NC(=O)CN2CCN(C(=O)C3(C)CCN(Cc4ccccc4)CC3)CC2)no1. The van der Waals surface area contributed by atoms with E-state index in [0.717, 1.165) is 32.5 Å². The fourth-order valence-corrected chi connectivity index (χ4v) is 4.56. The van der Waals surface area contributed by atoms with Crippen LogP contribution in [0.2, 0.25) is 0 Å². The molecule has 0 bridgehead atoms. The first-order valence-corrected chi connectivity index (χ1v) is 11.4. The number of aromatic nitrogens is 1. The summed E-state index contributed by atoms with van der Waals surface area (Å²) in [6, 6.07) is 12.2. The molecule has 8 nitrogen and oxygen atoms in total. The minimum atomic E-state index is -0.294. The predicted octanol–water partition coefficient (Wildman–Crippen LogP) is 2.37. The molecule has 2 saturated heterocycles. The topological polar surface area (TPSA) is 81.9 Å². The van der Waals surface area contributed by atoms with Crippen LogP contribution in [0.25, 0.3) is 0 Å². The number of amides is 2. The number of hydrogen-bond donors (Lipinski definition) is 1. The quantitative estimate of drug-likeness (QED) is 0.744. The third-order valence-corrected chi connectivity index (χ3v) is 6.65. The Balaban J connectivity index is 1.21. The van der Waals surface area contributed by atoms with Crippen molar-refractivity contribution in [2.75, 3.05) is 51.1 Å². The molecule has 1 aromatic heterocycles. The molecule has 0 unspecified atom stereocenters. The number of hydrogen-bond acceptors (Lipinski definition) is 6. The number of piperidine rings is 1. The summed E-state index contributed by atoms with van der Waals surface area (Å²) in [5.74, 6) is 1.24. The second kappa shape index (κ2) is 9.83. The average molecular weight is 440 g/mol. The Hall–Kier alpha value is -2.71. The molecule has 2 amide bonds. The van der Waals surface area contributed by atoms with Gasteiger partial charge in [-0.3, -0.25) is 19.4 Å². The lowest BCUT2D eigenvalue weighted by Gasteiger charge is -2.43. The van der Waals surface area contributed by atoms with Crippen molar-refractivity contribution in [2.45, 2.75) is 33.2 Å². The molecule has 1 aromatic carbocycles. The van der Waals surface area contributed by atoms with E-state index >= 15 is 0 Å². The monoisotopic (exact) mass is 439 g/mol. The van der Waals surface area contributed by atoms with Crippen molar-refractivity contribution in [3.63, 3.8) is 0 Å². The number of benzene rings is 1. The highest BCUT2D eigenvalue weighted by Gasteiger charge is 2.40. The standard InChI is InChI=1S/C24H33N5O3/c1-19-16-21(26-32-19)25-22(30)18-28-12-14-29(15-13-28)23(31)24(2)8-10-27(11-9-24)17-20-6-4-3-5-7-20/h3-7,16H,8-15,17-18H2,1-2H3,(H,25,26,30). The first kappa shape index (κ1) is 22.5. The molecule has 2 aliphatic heterocycles. The highest BCUT2D eigenvalue weighted by atomic mass is 16.5. The summed E-state index contributed by atoms with van der Waals surface area (Å²) in [4.78, 5) is 32.1. The maximum Gasteiger partial charge on any atom is 0.239 e. The Morgan fingerprint density at radius 2 is 1.72 bits per heavy atom. The van der Waals surface area contributed by atoms with Crippen molar-refractivity contribution in [3.8, 4) is 0 Å². The van der Waals surface area contributed by atoms with Crippen molar-refractivity contribution in [1.82, 2.24) is 19.9 Å². The van der Waals surface area contributed by atoms with E-state index in [1.165, 1.54) is 5.56 Å². The Morgan fingerprint density at radius 1 is 1.03 bits per heavy atom. The summed E-state index contributed by atoms with van der Waals surface area (Å²) in [6.07, 6.45) is 1.77. The molecule has 32 heavy (non-hydrogen) atoms. The van der Waals surface area contributed by atoms with Crippen molar-refractivity contribution in [3.05, 3.63) is 47.7 Å². The Labute approximate surface area is 189 Å². The molecule has 0 saturated carbocycles. The molecule has 4 rings (SSSR count). The largest absolute Gasteiger partial charge is 0.360 e. The van der Waals surface area contributed by atoms with Gasteiger partial charge in [-0.25, -0.2) is 0 Å². The molecular formula is C24H33N5O3. The first-order valence-electron chi connectivity index (χ1n) is 11.4. The van der Waals surface area contributed by atoms with Crippen LogP contribution in [0.3, 0.4) is 0 Å². The third-order valence-electron chi connectivity index (χ3n) is 6.65. The minimum absolute atomic E-state index is 0.115. The van der Waals surface area contributed by atoms with E-state index in [2.05, 4.69) is 51.5 Å². The smallest absolute Gasteiger partial charge is 0.239 e. The summed E-state index contributed by atoms with van der Waals surface area (Å²) in [5, 5.41) is 6.54. The van der Waals surface area contributed by atoms with Crippen LogP contribution in [-0.4, -0.2) is 77.5 Å². The predicted molar refractivity (Wildman–Crippen MR) is 122 cm³/mol. The summed E-state index contributed by atoms with van der Waals surface area (Å²) < 4.78 is 4.97. The number of carbonyl (C=O) groups is 2. The zero-order valence-electron chi connectivity index (χ0n) is 19.0. The molecule has 0 radical (unpaired) electrons. The fourth-order valence-electron chi connectivity index (χ4n) is 4.56. The van der Waals surface area contributed by atoms with Gasteiger partial charge in [-0.05, 0) is 38.4 Å². The van der Waals surface area contributed by atoms with E-state index in [-0.39, 0.29) is 17.2 Å². The van der Waals surface area contributed by atoms with E-state index in [9.17, 15) is 9.59 Å². The fraction of sp³-hybridized carbons (Fsp3) is 0.542. The van der Waals surface area contributed by atoms with Gasteiger partial charge in [-0.2, -0.15) is 0 Å². The number of nitrogens with one attached hydrogen (secondary N) is 1. The van der Waals surface area contributed by atoms with Gasteiger partial charge >= 0.3 is 0 Å². The van der Waals surface area contributed by atoms with E-state index in [1.54, 1.807) is 13.0 Å². The molecule has 2 fully saturated rings. The van der Waals surface area contributed by atoms with Gasteiger partial charge in [-0.1, -0.05) is 42.4 Å². The normalized spacial score (nSPS) is 19.6. The van der Waals surface area contributed by atoms with E-state index < -0.39 is 0 Å². The van der Waals surface area contributed by atoms with Crippen LogP contribution < -0.4 is 5.32 Å². The molecule has 0 spiro atoms. The molecule has 8 heteroatoms. The van der Waals surface area contributed by atoms with Crippen LogP contribution in [0.4, 0.5) is 5.82 Å². The Bertz CT molecular complexity index is 913. The van der Waals surface area contributed by atoms with Gasteiger partial charge in [-0.15, -0.1) is 0 Å². The van der Waals surface area contributed by atoms with Gasteiger partial charge in [0.15, 0.2) is 5.82 Å². The van der Waals surface area contributed by atoms with Gasteiger partial charge in [0.1, 0.15) is 5.76 Å². The van der Waals surface area contributed by atoms with Gasteiger partial charge in [0, 0.05) is 44.2 Å². The van der Waals surface area contributed by atoms with Gasteiger partial charge in [0.25, 0.3) is 0 Å². The number of rotatable bonds is 6. The van der Waals surface area contributed by atoms with Gasteiger partial charge in [0.05, 0.1) is 6.54 Å². The van der Waals surface area contributed by atoms with Crippen LogP contribution in [0.15, 0.2) is 40.9 Å². The summed E-state index contributed by atoms with van der Waals surface area (Å²) in [7, 11) is 0. The van der Waals surface area contributed by atoms with Crippen molar-refractivity contribution >= 4 is 17.6 Å². The number of likely N-dealkylation sites (tertiary alicyclic amines) is 1. The van der Waals surface area contributed by atoms with E-state index in [4.69, 9.17) is 4.52 Å². The zero-order valence-corrected chi connectivity index (χ0v) is 19.0. The van der Waals surface area contributed by atoms with E-state index in [1.807, 2.05) is 11.0 Å². The molecule has 2 aliphatic rings. The lowest BCUT2D eigenvalue weighted by molar-refractivity contribution is -0.146. The second-order valence-electron chi connectivity index (χ2n) is 9.26. The summed E-state index contributed by atoms with van der Waals surface area (Å²) >= 11 is 0. The number of carbonyl (C=O) groups excluding carboxylic acids is 2. The van der Waals surface area contributed by atoms with Gasteiger partial charge in [0.2, 0.25) is 11.8 Å². The molecule has 2 aromatic rings. The Morgan fingerprint density at radius 3 is 2.34 bits per heavy atom. The molecule has 172 valence electrons. The van der Waals surface area contributed by atoms with Gasteiger partial charge < -0.3 is 14.7 Å². The maximum absolute atomic E-state index is 13.3. The van der Waals surface area contributed by atoms with Crippen molar-refractivity contribution in [1.29, 1.82) is 0 Å². The third kappa shape index (κ3) is 5.55. The second-order valence-corrected chi connectivity index (χ2v) is 9.26. The highest BCUT2D eigenvalue weighted by Crippen LogP contribution is 2.34. The molecule has 3 heterocycles. The molecular weight excluding hydrogens is 406 g/mol. The van der Waals surface area contributed by atoms with Crippen LogP contribution >= 0.6 is 0 Å². The van der Waals surface area contributed by atoms with Crippen molar-refractivity contribution in [2.24, 2.45) is 5.41 Å². The number of nitrogens with zero attached hydrogens (tertiary/aromatic N) is 4. The highest BCUT2D eigenvalue weighted by molar-refractivity contribution is 5.91. The summed E-state index contributed by atoms with van der Waals surface area (Å²) in [6.45, 7) is 9.76. The maximum atomic E-state index is 13.3. The molecule has 0 aliphatic carbocycles. The lowest BCUT2D eigenvalue weighted by Crippen LogP contribution is -2.55. The number of aryl methyl sites for hydroxylation is 1. The van der Waals surface area contributed by atoms with Crippen molar-refractivity contribution < 1.29 is 14.1 Å². The number of piperazine rings is 1. The van der Waals surface area contributed by atoms with Crippen LogP contribution in [0, 0.1) is 12.3 Å². The van der Waals surface area contributed by atoms with Crippen LogP contribution in [0.5, 0.6) is 0 Å². The summed E-state index contributed by atoms with van der Waals surface area (Å²) in [5.41, 5.74) is 1.03. The Kier molecular flexibility index (Phi) is 6.91. The molecule has 1 N–H and O–H groups in total. The van der Waals surface area contributed by atoms with Crippen LogP contribution in [-0.2, 0) is 16.1 Å². The zero-order chi connectivity index (χ0) is 22.6.